The highest BCUT2D eigenvalue weighted by Gasteiger charge is 2.15. The molecule has 0 aliphatic heterocycles. The molecule has 0 spiro atoms. The van der Waals surface area contributed by atoms with E-state index in [4.69, 9.17) is 0 Å². The predicted octanol–water partition coefficient (Wildman–Crippen LogP) is 1.98. The van der Waals surface area contributed by atoms with Gasteiger partial charge >= 0.3 is 0 Å². The Balaban J connectivity index is 2.77. The molecule has 0 aliphatic rings. The van der Waals surface area contributed by atoms with Crippen molar-refractivity contribution < 1.29 is 9.90 Å². The number of hydrogen-bond acceptors (Lipinski definition) is 2. The summed E-state index contributed by atoms with van der Waals surface area (Å²) in [6.07, 6.45) is 1.20. The molecule has 1 aromatic carbocycles. The summed E-state index contributed by atoms with van der Waals surface area (Å²) in [6, 6.07) is 7.85. The second-order valence-electron chi connectivity index (χ2n) is 3.99. The van der Waals surface area contributed by atoms with Crippen LogP contribution >= 0.6 is 0 Å². The van der Waals surface area contributed by atoms with Crippen molar-refractivity contribution in [2.75, 3.05) is 11.9 Å². The molecule has 3 heteroatoms. The number of hydrogen-bond donors (Lipinski definition) is 1. The molecule has 0 bridgehead atoms. The van der Waals surface area contributed by atoms with Gasteiger partial charge in [0.15, 0.2) is 0 Å². The van der Waals surface area contributed by atoms with Crippen LogP contribution in [0.2, 0.25) is 0 Å². The predicted molar refractivity (Wildman–Crippen MR) is 65.5 cm³/mol. The zero-order chi connectivity index (χ0) is 12.1. The van der Waals surface area contributed by atoms with E-state index < -0.39 is 6.10 Å². The maximum Gasteiger partial charge on any atom is 0.255 e. The third-order valence-electron chi connectivity index (χ3n) is 2.55. The van der Waals surface area contributed by atoms with E-state index in [1.54, 1.807) is 7.05 Å². The Hall–Kier alpha value is -1.35. The number of nitrogens with zero attached hydrogens (tertiary/aromatic N) is 1. The van der Waals surface area contributed by atoms with Gasteiger partial charge in [-0.2, -0.15) is 0 Å². The van der Waals surface area contributed by atoms with Gasteiger partial charge in [-0.1, -0.05) is 25.5 Å². The molecular weight excluding hydrogens is 202 g/mol. The summed E-state index contributed by atoms with van der Waals surface area (Å²) in [5.74, 6) is -0.289. The van der Waals surface area contributed by atoms with E-state index in [9.17, 15) is 9.90 Å². The van der Waals surface area contributed by atoms with Crippen molar-refractivity contribution in [3.63, 3.8) is 0 Å². The summed E-state index contributed by atoms with van der Waals surface area (Å²) < 4.78 is 0. The number of aryl methyl sites for hydroxylation is 1. The molecule has 0 aromatic heterocycles. The number of benzene rings is 1. The van der Waals surface area contributed by atoms with Gasteiger partial charge < -0.3 is 10.0 Å². The van der Waals surface area contributed by atoms with Crippen LogP contribution in [0.1, 0.15) is 25.8 Å². The van der Waals surface area contributed by atoms with Crippen molar-refractivity contribution >= 4 is 11.6 Å². The molecule has 0 fully saturated rings. The minimum absolute atomic E-state index is 0.289. The fourth-order valence-electron chi connectivity index (χ4n) is 1.58. The minimum Gasteiger partial charge on any atom is -0.384 e. The van der Waals surface area contributed by atoms with Crippen molar-refractivity contribution in [1.82, 2.24) is 0 Å². The monoisotopic (exact) mass is 221 g/mol. The van der Waals surface area contributed by atoms with Gasteiger partial charge in [-0.3, -0.25) is 4.79 Å². The second kappa shape index (κ2) is 5.66. The van der Waals surface area contributed by atoms with E-state index in [1.807, 2.05) is 24.3 Å². The standard InChI is InChI=1S/C13H19NO2/c1-4-5-11-6-8-12(9-7-11)14(3)13(16)10(2)15/h6-10,15H,4-5H2,1-3H3. The fourth-order valence-corrected chi connectivity index (χ4v) is 1.58. The normalized spacial score (nSPS) is 12.2. The molecule has 1 amide bonds. The van der Waals surface area contributed by atoms with Gasteiger partial charge in [-0.25, -0.2) is 0 Å². The number of anilines is 1. The van der Waals surface area contributed by atoms with Crippen LogP contribution in [0.5, 0.6) is 0 Å². The van der Waals surface area contributed by atoms with Crippen molar-refractivity contribution in [3.05, 3.63) is 29.8 Å². The lowest BCUT2D eigenvalue weighted by atomic mass is 10.1. The summed E-state index contributed by atoms with van der Waals surface area (Å²) in [5.41, 5.74) is 2.08. The Kier molecular flexibility index (Phi) is 4.50. The van der Waals surface area contributed by atoms with E-state index in [0.29, 0.717) is 0 Å². The molecule has 0 saturated heterocycles. The number of amides is 1. The van der Waals surface area contributed by atoms with Gasteiger partial charge in [0.05, 0.1) is 0 Å². The molecule has 1 rings (SSSR count). The lowest BCUT2D eigenvalue weighted by Gasteiger charge is -2.19. The summed E-state index contributed by atoms with van der Waals surface area (Å²) >= 11 is 0. The van der Waals surface area contributed by atoms with E-state index in [-0.39, 0.29) is 5.91 Å². The van der Waals surface area contributed by atoms with Gasteiger partial charge in [0, 0.05) is 12.7 Å². The number of carbonyl (C=O) groups excluding carboxylic acids is 1. The number of likely N-dealkylation sites (N-methyl/N-ethyl adjacent to an activating group) is 1. The molecular formula is C13H19NO2. The molecule has 1 atom stereocenters. The third kappa shape index (κ3) is 3.07. The second-order valence-corrected chi connectivity index (χ2v) is 3.99. The van der Waals surface area contributed by atoms with Gasteiger partial charge in [0.1, 0.15) is 6.10 Å². The van der Waals surface area contributed by atoms with Gasteiger partial charge in [-0.15, -0.1) is 0 Å². The highest BCUT2D eigenvalue weighted by Crippen LogP contribution is 2.15. The zero-order valence-corrected chi connectivity index (χ0v) is 10.1. The molecule has 16 heavy (non-hydrogen) atoms. The first-order valence-corrected chi connectivity index (χ1v) is 5.60. The van der Waals surface area contributed by atoms with Crippen molar-refractivity contribution in [2.45, 2.75) is 32.8 Å². The molecule has 1 N–H and O–H groups in total. The lowest BCUT2D eigenvalue weighted by molar-refractivity contribution is -0.125. The topological polar surface area (TPSA) is 40.5 Å². The van der Waals surface area contributed by atoms with E-state index in [0.717, 1.165) is 18.5 Å². The third-order valence-corrected chi connectivity index (χ3v) is 2.55. The number of aliphatic hydroxyl groups excluding tert-OH is 1. The van der Waals surface area contributed by atoms with Crippen LogP contribution < -0.4 is 4.90 Å². The molecule has 1 aromatic rings. The molecule has 0 radical (unpaired) electrons. The summed E-state index contributed by atoms with van der Waals surface area (Å²) in [7, 11) is 1.67. The summed E-state index contributed by atoms with van der Waals surface area (Å²) in [5, 5.41) is 9.20. The first kappa shape index (κ1) is 12.7. The Morgan fingerprint density at radius 1 is 1.38 bits per heavy atom. The van der Waals surface area contributed by atoms with Crippen molar-refractivity contribution in [2.24, 2.45) is 0 Å². The van der Waals surface area contributed by atoms with Crippen LogP contribution in [0.4, 0.5) is 5.69 Å². The molecule has 0 aliphatic carbocycles. The van der Waals surface area contributed by atoms with E-state index >= 15 is 0 Å². The molecule has 88 valence electrons. The van der Waals surface area contributed by atoms with Crippen LogP contribution in [0.25, 0.3) is 0 Å². The summed E-state index contributed by atoms with van der Waals surface area (Å²) in [4.78, 5) is 13.0. The van der Waals surface area contributed by atoms with Crippen LogP contribution in [0.3, 0.4) is 0 Å². The number of rotatable bonds is 4. The van der Waals surface area contributed by atoms with Crippen molar-refractivity contribution in [1.29, 1.82) is 0 Å². The van der Waals surface area contributed by atoms with Crippen molar-refractivity contribution in [3.8, 4) is 0 Å². The highest BCUT2D eigenvalue weighted by molar-refractivity contribution is 5.95. The van der Waals surface area contributed by atoms with Gasteiger partial charge in [0.25, 0.3) is 5.91 Å². The Labute approximate surface area is 96.7 Å². The van der Waals surface area contributed by atoms with Crippen LogP contribution in [-0.2, 0) is 11.2 Å². The number of carbonyl (C=O) groups is 1. The Bertz CT molecular complexity index is 343. The quantitative estimate of drug-likeness (QED) is 0.844. The SMILES string of the molecule is CCCc1ccc(N(C)C(=O)C(C)O)cc1. The lowest BCUT2D eigenvalue weighted by Crippen LogP contribution is -2.34. The largest absolute Gasteiger partial charge is 0.384 e. The van der Waals surface area contributed by atoms with Gasteiger partial charge in [0.2, 0.25) is 0 Å². The Morgan fingerprint density at radius 3 is 2.38 bits per heavy atom. The number of aliphatic hydroxyl groups is 1. The molecule has 0 heterocycles. The van der Waals surface area contributed by atoms with Crippen LogP contribution in [0, 0.1) is 0 Å². The average molecular weight is 221 g/mol. The fraction of sp³-hybridized carbons (Fsp3) is 0.462. The Morgan fingerprint density at radius 2 is 1.94 bits per heavy atom. The minimum atomic E-state index is -0.958. The summed E-state index contributed by atoms with van der Waals surface area (Å²) in [6.45, 7) is 3.61. The molecule has 3 nitrogen and oxygen atoms in total. The van der Waals surface area contributed by atoms with E-state index in [1.165, 1.54) is 17.4 Å². The van der Waals surface area contributed by atoms with Crippen LogP contribution in [0.15, 0.2) is 24.3 Å². The first-order chi connectivity index (χ1) is 7.56. The molecule has 0 saturated carbocycles. The van der Waals surface area contributed by atoms with Crippen LogP contribution in [-0.4, -0.2) is 24.2 Å². The highest BCUT2D eigenvalue weighted by atomic mass is 16.3. The first-order valence-electron chi connectivity index (χ1n) is 5.60. The smallest absolute Gasteiger partial charge is 0.255 e. The van der Waals surface area contributed by atoms with Gasteiger partial charge in [-0.05, 0) is 31.0 Å². The zero-order valence-electron chi connectivity index (χ0n) is 10.1. The maximum absolute atomic E-state index is 11.5. The maximum atomic E-state index is 11.5. The van der Waals surface area contributed by atoms with E-state index in [2.05, 4.69) is 6.92 Å². The average Bonchev–Trinajstić information content (AvgIpc) is 2.28. The molecule has 1 unspecified atom stereocenters.